The number of likely N-dealkylation sites (N-methyl/N-ethyl adjacent to an activating group) is 1. The Balaban J connectivity index is 2.72. The van der Waals surface area contributed by atoms with Gasteiger partial charge < -0.3 is 5.32 Å². The van der Waals surface area contributed by atoms with Gasteiger partial charge in [0.2, 0.25) is 0 Å². The predicted octanol–water partition coefficient (Wildman–Crippen LogP) is 3.14. The average Bonchev–Trinajstić information content (AvgIpc) is 2.27. The van der Waals surface area contributed by atoms with Gasteiger partial charge >= 0.3 is 0 Å². The quantitative estimate of drug-likeness (QED) is 0.778. The topological polar surface area (TPSA) is 12.0 Å². The molecule has 0 amide bonds. The van der Waals surface area contributed by atoms with Gasteiger partial charge in [-0.3, -0.25) is 0 Å². The van der Waals surface area contributed by atoms with Crippen molar-refractivity contribution in [2.75, 3.05) is 13.6 Å². The zero-order chi connectivity index (χ0) is 11.3. The molecule has 0 atom stereocenters. The fraction of sp³-hybridized carbons (Fsp3) is 0.571. The number of hydrogen-bond donors (Lipinski definition) is 1. The molecule has 1 nitrogen and oxygen atoms in total. The van der Waals surface area contributed by atoms with Gasteiger partial charge in [-0.1, -0.05) is 45.0 Å². The molecule has 1 N–H and O–H groups in total. The summed E-state index contributed by atoms with van der Waals surface area (Å²) in [6.07, 6.45) is 2.30. The van der Waals surface area contributed by atoms with Crippen molar-refractivity contribution in [1.29, 1.82) is 0 Å². The third kappa shape index (κ3) is 3.35. The first-order valence-corrected chi connectivity index (χ1v) is 5.84. The molecule has 84 valence electrons. The number of benzene rings is 1. The van der Waals surface area contributed by atoms with Gasteiger partial charge in [-0.15, -0.1) is 0 Å². The number of nitrogens with one attached hydrogen (secondary N) is 1. The van der Waals surface area contributed by atoms with Crippen LogP contribution < -0.4 is 5.32 Å². The largest absolute Gasteiger partial charge is 0.319 e. The molecule has 0 aliphatic rings. The van der Waals surface area contributed by atoms with Crippen LogP contribution in [0, 0.1) is 0 Å². The molecule has 0 aliphatic heterocycles. The van der Waals surface area contributed by atoms with Crippen LogP contribution >= 0.6 is 0 Å². The zero-order valence-corrected chi connectivity index (χ0v) is 10.4. The van der Waals surface area contributed by atoms with E-state index in [4.69, 9.17) is 0 Å². The predicted molar refractivity (Wildman–Crippen MR) is 67.4 cm³/mol. The van der Waals surface area contributed by atoms with Gasteiger partial charge in [-0.25, -0.2) is 0 Å². The van der Waals surface area contributed by atoms with E-state index in [1.54, 1.807) is 0 Å². The SMILES string of the molecule is CCC(C)(C)c1ccc(CCNC)cc1. The maximum absolute atomic E-state index is 3.17. The molecule has 1 heteroatoms. The third-order valence-electron chi connectivity index (χ3n) is 3.28. The second kappa shape index (κ2) is 5.32. The second-order valence-electron chi connectivity index (χ2n) is 4.79. The summed E-state index contributed by atoms with van der Waals surface area (Å²) in [5.74, 6) is 0. The summed E-state index contributed by atoms with van der Waals surface area (Å²) in [4.78, 5) is 0. The molecule has 0 fully saturated rings. The Morgan fingerprint density at radius 2 is 1.73 bits per heavy atom. The van der Waals surface area contributed by atoms with Crippen molar-refractivity contribution >= 4 is 0 Å². The van der Waals surface area contributed by atoms with Gasteiger partial charge in [0.15, 0.2) is 0 Å². The highest BCUT2D eigenvalue weighted by molar-refractivity contribution is 5.28. The van der Waals surface area contributed by atoms with Crippen LogP contribution in [0.2, 0.25) is 0 Å². The molecule has 1 rings (SSSR count). The molecule has 0 bridgehead atoms. The lowest BCUT2D eigenvalue weighted by Gasteiger charge is -2.23. The summed E-state index contributed by atoms with van der Waals surface area (Å²) < 4.78 is 0. The summed E-state index contributed by atoms with van der Waals surface area (Å²) in [6.45, 7) is 7.90. The van der Waals surface area contributed by atoms with Crippen molar-refractivity contribution in [2.45, 2.75) is 39.0 Å². The Hall–Kier alpha value is -0.820. The fourth-order valence-electron chi connectivity index (χ4n) is 1.60. The molecular formula is C14H23N. The molecular weight excluding hydrogens is 182 g/mol. The van der Waals surface area contributed by atoms with Crippen LogP contribution in [0.1, 0.15) is 38.3 Å². The second-order valence-corrected chi connectivity index (χ2v) is 4.79. The molecule has 0 heterocycles. The van der Waals surface area contributed by atoms with Crippen LogP contribution in [-0.2, 0) is 11.8 Å². The third-order valence-corrected chi connectivity index (χ3v) is 3.28. The minimum atomic E-state index is 0.307. The van der Waals surface area contributed by atoms with Crippen LogP contribution in [0.25, 0.3) is 0 Å². The van der Waals surface area contributed by atoms with Crippen molar-refractivity contribution in [3.63, 3.8) is 0 Å². The molecule has 0 aliphatic carbocycles. The van der Waals surface area contributed by atoms with Crippen LogP contribution in [-0.4, -0.2) is 13.6 Å². The molecule has 0 aromatic heterocycles. The first-order valence-electron chi connectivity index (χ1n) is 5.84. The summed E-state index contributed by atoms with van der Waals surface area (Å²) in [5, 5.41) is 3.17. The Kier molecular flexibility index (Phi) is 4.34. The summed E-state index contributed by atoms with van der Waals surface area (Å²) >= 11 is 0. The molecule has 1 aromatic carbocycles. The molecule has 0 saturated carbocycles. The smallest absolute Gasteiger partial charge is 0.00114 e. The monoisotopic (exact) mass is 205 g/mol. The van der Waals surface area contributed by atoms with Crippen molar-refractivity contribution in [3.05, 3.63) is 35.4 Å². The highest BCUT2D eigenvalue weighted by atomic mass is 14.8. The van der Waals surface area contributed by atoms with E-state index in [1.165, 1.54) is 17.5 Å². The molecule has 15 heavy (non-hydrogen) atoms. The molecule has 0 radical (unpaired) electrons. The number of hydrogen-bond acceptors (Lipinski definition) is 1. The first-order chi connectivity index (χ1) is 7.10. The van der Waals surface area contributed by atoms with Crippen molar-refractivity contribution in [2.24, 2.45) is 0 Å². The van der Waals surface area contributed by atoms with Crippen LogP contribution in [0.4, 0.5) is 0 Å². The van der Waals surface area contributed by atoms with E-state index in [1.807, 2.05) is 7.05 Å². The van der Waals surface area contributed by atoms with Crippen LogP contribution in [0.5, 0.6) is 0 Å². The van der Waals surface area contributed by atoms with Gasteiger partial charge in [0, 0.05) is 0 Å². The van der Waals surface area contributed by atoms with E-state index < -0.39 is 0 Å². The van der Waals surface area contributed by atoms with Gasteiger partial charge in [0.05, 0.1) is 0 Å². The Morgan fingerprint density at radius 1 is 1.13 bits per heavy atom. The molecule has 1 aromatic rings. The van der Waals surface area contributed by atoms with Gasteiger partial charge in [0.1, 0.15) is 0 Å². The van der Waals surface area contributed by atoms with E-state index in [0.29, 0.717) is 5.41 Å². The maximum atomic E-state index is 3.17. The lowest BCUT2D eigenvalue weighted by Crippen LogP contribution is -2.15. The van der Waals surface area contributed by atoms with E-state index in [0.717, 1.165) is 13.0 Å². The highest BCUT2D eigenvalue weighted by Crippen LogP contribution is 2.26. The minimum absolute atomic E-state index is 0.307. The standard InChI is InChI=1S/C14H23N/c1-5-14(2,3)13-8-6-12(7-9-13)10-11-15-4/h6-9,15H,5,10-11H2,1-4H3. The Bertz CT molecular complexity index is 285. The van der Waals surface area contributed by atoms with Gasteiger partial charge in [-0.05, 0) is 43.0 Å². The molecule has 0 spiro atoms. The highest BCUT2D eigenvalue weighted by Gasteiger charge is 2.17. The Morgan fingerprint density at radius 3 is 2.20 bits per heavy atom. The van der Waals surface area contributed by atoms with Gasteiger partial charge in [-0.2, -0.15) is 0 Å². The first kappa shape index (κ1) is 12.3. The van der Waals surface area contributed by atoms with E-state index in [-0.39, 0.29) is 0 Å². The van der Waals surface area contributed by atoms with Crippen LogP contribution in [0.3, 0.4) is 0 Å². The zero-order valence-electron chi connectivity index (χ0n) is 10.4. The van der Waals surface area contributed by atoms with Crippen molar-refractivity contribution < 1.29 is 0 Å². The average molecular weight is 205 g/mol. The molecule has 0 unspecified atom stereocenters. The lowest BCUT2D eigenvalue weighted by molar-refractivity contribution is 0.506. The summed E-state index contributed by atoms with van der Waals surface area (Å²) in [5.41, 5.74) is 3.17. The van der Waals surface area contributed by atoms with Crippen molar-refractivity contribution in [3.8, 4) is 0 Å². The maximum Gasteiger partial charge on any atom is -0.00114 e. The minimum Gasteiger partial charge on any atom is -0.319 e. The lowest BCUT2D eigenvalue weighted by atomic mass is 9.82. The number of rotatable bonds is 5. The fourth-order valence-corrected chi connectivity index (χ4v) is 1.60. The van der Waals surface area contributed by atoms with Crippen molar-refractivity contribution in [1.82, 2.24) is 5.32 Å². The molecule has 0 saturated heterocycles. The van der Waals surface area contributed by atoms with E-state index >= 15 is 0 Å². The van der Waals surface area contributed by atoms with Gasteiger partial charge in [0.25, 0.3) is 0 Å². The summed E-state index contributed by atoms with van der Waals surface area (Å²) in [7, 11) is 1.99. The normalized spacial score (nSPS) is 11.7. The summed E-state index contributed by atoms with van der Waals surface area (Å²) in [6, 6.07) is 9.05. The van der Waals surface area contributed by atoms with Crippen LogP contribution in [0.15, 0.2) is 24.3 Å². The Labute approximate surface area is 93.9 Å². The van der Waals surface area contributed by atoms with E-state index in [2.05, 4.69) is 50.4 Å². The van der Waals surface area contributed by atoms with E-state index in [9.17, 15) is 0 Å².